The lowest BCUT2D eigenvalue weighted by molar-refractivity contribution is 0.669. The molecule has 66 heavy (non-hydrogen) atoms. The highest BCUT2D eigenvalue weighted by Gasteiger charge is 2.43. The van der Waals surface area contributed by atoms with Crippen LogP contribution >= 0.6 is 0 Å². The zero-order valence-corrected chi connectivity index (χ0v) is 38.6. The van der Waals surface area contributed by atoms with Crippen molar-refractivity contribution in [1.29, 1.82) is 0 Å². The summed E-state index contributed by atoms with van der Waals surface area (Å²) in [7, 11) is -2.96. The number of benzene rings is 10. The number of imidazole rings is 1. The summed E-state index contributed by atoms with van der Waals surface area (Å²) >= 11 is 0. The van der Waals surface area contributed by atoms with Crippen molar-refractivity contribution in [1.82, 2.24) is 9.55 Å². The SMILES string of the molecule is Cc1ccc2c(-c3ccc([Si](c4ccccc4)(c4ccccc4)c4cccc5oc6ccccc6c45)cc3)c3cc(C)ccc3c(-c3ccc(-n4c(C(C)C)nc5ccccc54)cc3)c2c1. The molecule has 0 N–H and O–H groups in total. The summed E-state index contributed by atoms with van der Waals surface area (Å²) in [5.74, 6) is 1.35. The smallest absolute Gasteiger partial charge is 0.180 e. The summed E-state index contributed by atoms with van der Waals surface area (Å²) in [5.41, 5.74) is 12.5. The predicted octanol–water partition coefficient (Wildman–Crippen LogP) is 13.7. The van der Waals surface area contributed by atoms with Gasteiger partial charge in [0.05, 0.1) is 11.0 Å². The molecule has 0 spiro atoms. The first-order chi connectivity index (χ1) is 32.4. The van der Waals surface area contributed by atoms with Crippen molar-refractivity contribution in [3.63, 3.8) is 0 Å². The van der Waals surface area contributed by atoms with Gasteiger partial charge in [0.25, 0.3) is 0 Å². The van der Waals surface area contributed by atoms with Gasteiger partial charge in [-0.2, -0.15) is 0 Å². The number of furan rings is 1. The minimum absolute atomic E-state index is 0.277. The molecule has 0 saturated carbocycles. The maximum atomic E-state index is 6.58. The number of fused-ring (bicyclic) bond motifs is 6. The Balaban J connectivity index is 1.07. The molecular weight excluding hydrogens is 817 g/mol. The molecule has 316 valence electrons. The second-order valence-corrected chi connectivity index (χ2v) is 22.0. The monoisotopic (exact) mass is 864 g/mol. The van der Waals surface area contributed by atoms with Crippen molar-refractivity contribution in [3.05, 3.63) is 229 Å². The van der Waals surface area contributed by atoms with E-state index in [4.69, 9.17) is 9.40 Å². The van der Waals surface area contributed by atoms with Gasteiger partial charge in [-0.1, -0.05) is 201 Å². The Morgan fingerprint density at radius 2 is 0.985 bits per heavy atom. The maximum absolute atomic E-state index is 6.58. The standard InChI is InChI=1S/C62H48N2OSi/c1-40(2)62-63-54-21-12-13-22-55(54)64(62)45-32-28-43(29-33-45)59-49-36-26-42(4)39-53(49)60(50-37-27-41(3)38-52(50)59)44-30-34-48(35-31-44)66(46-16-7-5-8-17-46,47-18-9-6-10-19-47)58-25-15-24-57-61(58)51-20-11-14-23-56(51)65-57/h5-40H,1-4H3. The lowest BCUT2D eigenvalue weighted by Gasteiger charge is -2.35. The van der Waals surface area contributed by atoms with Gasteiger partial charge in [0.2, 0.25) is 0 Å². The van der Waals surface area contributed by atoms with Gasteiger partial charge < -0.3 is 4.42 Å². The molecule has 0 radical (unpaired) electrons. The van der Waals surface area contributed by atoms with Crippen LogP contribution in [0.25, 0.3) is 82.5 Å². The van der Waals surface area contributed by atoms with Gasteiger partial charge in [0.1, 0.15) is 17.0 Å². The van der Waals surface area contributed by atoms with Crippen LogP contribution in [-0.2, 0) is 0 Å². The summed E-state index contributed by atoms with van der Waals surface area (Å²) in [4.78, 5) is 5.05. The van der Waals surface area contributed by atoms with Crippen molar-refractivity contribution in [3.8, 4) is 27.9 Å². The van der Waals surface area contributed by atoms with Crippen LogP contribution in [0.2, 0.25) is 0 Å². The van der Waals surface area contributed by atoms with E-state index in [0.717, 1.165) is 39.1 Å². The van der Waals surface area contributed by atoms with E-state index in [2.05, 4.69) is 245 Å². The van der Waals surface area contributed by atoms with Crippen LogP contribution in [0.1, 0.15) is 36.7 Å². The van der Waals surface area contributed by atoms with Crippen LogP contribution in [0.3, 0.4) is 0 Å². The fraction of sp³-hybridized carbons (Fsp3) is 0.0806. The Labute approximate surface area is 386 Å². The molecule has 0 amide bonds. The molecule has 0 aliphatic heterocycles. The number of hydrogen-bond acceptors (Lipinski definition) is 2. The second kappa shape index (κ2) is 15.7. The van der Waals surface area contributed by atoms with E-state index in [0.29, 0.717) is 0 Å². The first-order valence-corrected chi connectivity index (χ1v) is 25.1. The first kappa shape index (κ1) is 39.8. The van der Waals surface area contributed by atoms with Crippen molar-refractivity contribution >= 4 is 83.3 Å². The van der Waals surface area contributed by atoms with Crippen LogP contribution in [0.4, 0.5) is 0 Å². The summed E-state index contributed by atoms with van der Waals surface area (Å²) in [6, 6.07) is 78.8. The molecule has 0 aliphatic rings. The molecule has 3 nitrogen and oxygen atoms in total. The van der Waals surface area contributed by atoms with Crippen LogP contribution in [-0.4, -0.2) is 17.6 Å². The molecule has 0 unspecified atom stereocenters. The average molecular weight is 865 g/mol. The number of aryl methyl sites for hydroxylation is 2. The third-order valence-corrected chi connectivity index (χ3v) is 18.6. The quantitative estimate of drug-likeness (QED) is 0.0866. The summed E-state index contributed by atoms with van der Waals surface area (Å²) in [6.07, 6.45) is 0. The molecule has 0 fully saturated rings. The number of para-hydroxylation sites is 3. The van der Waals surface area contributed by atoms with Crippen molar-refractivity contribution in [2.24, 2.45) is 0 Å². The maximum Gasteiger partial charge on any atom is 0.180 e. The zero-order valence-electron chi connectivity index (χ0n) is 37.6. The molecular formula is C62H48N2OSi. The molecule has 0 bridgehead atoms. The van der Waals surface area contributed by atoms with Gasteiger partial charge in [-0.25, -0.2) is 4.98 Å². The van der Waals surface area contributed by atoms with Gasteiger partial charge in [0.15, 0.2) is 8.07 Å². The third kappa shape index (κ3) is 6.20. The highest BCUT2D eigenvalue weighted by Crippen LogP contribution is 2.45. The molecule has 2 aromatic heterocycles. The van der Waals surface area contributed by atoms with E-state index in [-0.39, 0.29) is 5.92 Å². The van der Waals surface area contributed by atoms with E-state index >= 15 is 0 Å². The van der Waals surface area contributed by atoms with Gasteiger partial charge in [-0.05, 0) is 115 Å². The van der Waals surface area contributed by atoms with Gasteiger partial charge >= 0.3 is 0 Å². The van der Waals surface area contributed by atoms with E-state index in [1.54, 1.807) is 0 Å². The Morgan fingerprint density at radius 3 is 1.61 bits per heavy atom. The number of rotatable bonds is 8. The van der Waals surface area contributed by atoms with E-state index in [1.165, 1.54) is 81.1 Å². The van der Waals surface area contributed by atoms with Gasteiger partial charge in [-0.3, -0.25) is 4.57 Å². The van der Waals surface area contributed by atoms with Gasteiger partial charge in [-0.15, -0.1) is 0 Å². The summed E-state index contributed by atoms with van der Waals surface area (Å²) < 4.78 is 8.91. The second-order valence-electron chi connectivity index (χ2n) is 18.2. The minimum atomic E-state index is -2.96. The fourth-order valence-corrected chi connectivity index (χ4v) is 15.8. The largest absolute Gasteiger partial charge is 0.456 e. The Hall–Kier alpha value is -7.79. The van der Waals surface area contributed by atoms with E-state index < -0.39 is 8.07 Å². The molecule has 0 saturated heterocycles. The minimum Gasteiger partial charge on any atom is -0.456 e. The van der Waals surface area contributed by atoms with Crippen LogP contribution in [0.15, 0.2) is 217 Å². The molecule has 10 aromatic carbocycles. The van der Waals surface area contributed by atoms with Crippen LogP contribution < -0.4 is 20.7 Å². The Kier molecular flexibility index (Phi) is 9.48. The zero-order chi connectivity index (χ0) is 44.5. The summed E-state index contributed by atoms with van der Waals surface area (Å²) in [6.45, 7) is 8.86. The van der Waals surface area contributed by atoms with Crippen molar-refractivity contribution in [2.75, 3.05) is 0 Å². The molecule has 0 aliphatic carbocycles. The van der Waals surface area contributed by atoms with Crippen molar-refractivity contribution in [2.45, 2.75) is 33.6 Å². The molecule has 0 atom stereocenters. The highest BCUT2D eigenvalue weighted by molar-refractivity contribution is 7.20. The van der Waals surface area contributed by atoms with E-state index in [1.807, 2.05) is 0 Å². The lowest BCUT2D eigenvalue weighted by atomic mass is 9.85. The highest BCUT2D eigenvalue weighted by atomic mass is 28.3. The topological polar surface area (TPSA) is 31.0 Å². The average Bonchev–Trinajstić information content (AvgIpc) is 3.95. The molecule has 12 aromatic rings. The molecule has 12 rings (SSSR count). The molecule has 4 heteroatoms. The number of hydrogen-bond donors (Lipinski definition) is 0. The number of aromatic nitrogens is 2. The lowest BCUT2D eigenvalue weighted by Crippen LogP contribution is -2.74. The normalized spacial score (nSPS) is 12.1. The first-order valence-electron chi connectivity index (χ1n) is 23.1. The van der Waals surface area contributed by atoms with Crippen LogP contribution in [0.5, 0.6) is 0 Å². The van der Waals surface area contributed by atoms with Crippen molar-refractivity contribution < 1.29 is 4.42 Å². The third-order valence-electron chi connectivity index (χ3n) is 13.8. The Morgan fingerprint density at radius 1 is 0.455 bits per heavy atom. The fourth-order valence-electron chi connectivity index (χ4n) is 10.9. The summed E-state index contributed by atoms with van der Waals surface area (Å²) in [5, 5.41) is 12.7. The van der Waals surface area contributed by atoms with Gasteiger partial charge in [0, 0.05) is 22.4 Å². The van der Waals surface area contributed by atoms with Crippen LogP contribution in [0, 0.1) is 13.8 Å². The predicted molar refractivity (Wildman–Crippen MR) is 281 cm³/mol. The number of nitrogens with zero attached hydrogens (tertiary/aromatic N) is 2. The molecule has 2 heterocycles. The Bertz CT molecular complexity index is 3750. The van der Waals surface area contributed by atoms with E-state index in [9.17, 15) is 0 Å².